The van der Waals surface area contributed by atoms with Gasteiger partial charge in [-0.1, -0.05) is 12.2 Å². The number of imide groups is 1. The van der Waals surface area contributed by atoms with Crippen LogP contribution in [0.2, 0.25) is 0 Å². The first-order chi connectivity index (χ1) is 12.7. The molecule has 0 radical (unpaired) electrons. The Hall–Kier alpha value is -2.84. The van der Waals surface area contributed by atoms with E-state index in [2.05, 4.69) is 10.1 Å². The predicted molar refractivity (Wildman–Crippen MR) is 88.4 cm³/mol. The Morgan fingerprint density at radius 3 is 2.11 bits per heavy atom. The zero-order valence-electron chi connectivity index (χ0n) is 14.3. The maximum Gasteiger partial charge on any atom is 0.573 e. The lowest BCUT2D eigenvalue weighted by Gasteiger charge is -2.22. The van der Waals surface area contributed by atoms with Crippen LogP contribution < -0.4 is 10.1 Å². The van der Waals surface area contributed by atoms with Crippen molar-refractivity contribution in [2.24, 2.45) is 11.8 Å². The fourth-order valence-corrected chi connectivity index (χ4v) is 3.31. The van der Waals surface area contributed by atoms with E-state index in [0.717, 1.165) is 17.0 Å². The van der Waals surface area contributed by atoms with Gasteiger partial charge in [0.15, 0.2) is 0 Å². The molecule has 0 spiro atoms. The predicted octanol–water partition coefficient (Wildman–Crippen LogP) is 2.86. The number of hydrogen-bond acceptors (Lipinski definition) is 4. The third kappa shape index (κ3) is 3.96. The van der Waals surface area contributed by atoms with Gasteiger partial charge < -0.3 is 10.1 Å². The fourth-order valence-electron chi connectivity index (χ4n) is 3.31. The van der Waals surface area contributed by atoms with Crippen molar-refractivity contribution < 1.29 is 32.3 Å². The van der Waals surface area contributed by atoms with E-state index >= 15 is 0 Å². The van der Waals surface area contributed by atoms with Gasteiger partial charge in [-0.05, 0) is 44.0 Å². The fraction of sp³-hybridized carbons (Fsp3) is 0.389. The number of anilines is 1. The Bertz CT molecular complexity index is 763. The molecule has 1 aliphatic heterocycles. The van der Waals surface area contributed by atoms with Crippen molar-refractivity contribution >= 4 is 23.4 Å². The van der Waals surface area contributed by atoms with Crippen LogP contribution in [0.5, 0.6) is 5.75 Å². The monoisotopic (exact) mass is 382 g/mol. The van der Waals surface area contributed by atoms with Crippen LogP contribution >= 0.6 is 0 Å². The molecule has 0 bridgehead atoms. The molecule has 0 saturated carbocycles. The van der Waals surface area contributed by atoms with E-state index in [1.165, 1.54) is 19.1 Å². The second-order valence-electron chi connectivity index (χ2n) is 6.44. The van der Waals surface area contributed by atoms with Crippen molar-refractivity contribution in [2.45, 2.75) is 32.2 Å². The molecule has 1 aliphatic carbocycles. The van der Waals surface area contributed by atoms with Gasteiger partial charge in [-0.25, -0.2) is 0 Å². The van der Waals surface area contributed by atoms with Crippen molar-refractivity contribution in [1.29, 1.82) is 0 Å². The van der Waals surface area contributed by atoms with Crippen LogP contribution in [0.1, 0.15) is 19.8 Å². The van der Waals surface area contributed by atoms with Gasteiger partial charge in [0, 0.05) is 5.69 Å². The molecule has 9 heteroatoms. The van der Waals surface area contributed by atoms with E-state index < -0.39 is 35.9 Å². The molecule has 1 aromatic carbocycles. The number of allylic oxidation sites excluding steroid dienone is 2. The standard InChI is InChI=1S/C18H17F3N2O4/c1-10(23-16(25)13-4-2-3-5-14(13)17(23)26)15(24)22-11-6-8-12(9-7-11)27-18(19,20)21/h2-3,6-10,13-14H,4-5H2,1H3,(H,22,24)/t10-,13?,14?/m0/s1. The number of benzene rings is 1. The first-order valence-corrected chi connectivity index (χ1v) is 8.36. The van der Waals surface area contributed by atoms with Crippen LogP contribution in [0.3, 0.4) is 0 Å². The average molecular weight is 382 g/mol. The van der Waals surface area contributed by atoms with Gasteiger partial charge in [0.25, 0.3) is 0 Å². The highest BCUT2D eigenvalue weighted by Gasteiger charge is 2.50. The lowest BCUT2D eigenvalue weighted by atomic mass is 9.85. The number of rotatable bonds is 4. The van der Waals surface area contributed by atoms with Gasteiger partial charge in [0.05, 0.1) is 11.8 Å². The van der Waals surface area contributed by atoms with Gasteiger partial charge >= 0.3 is 6.36 Å². The van der Waals surface area contributed by atoms with Crippen LogP contribution in [0.4, 0.5) is 18.9 Å². The summed E-state index contributed by atoms with van der Waals surface area (Å²) in [4.78, 5) is 38.4. The second-order valence-corrected chi connectivity index (χ2v) is 6.44. The summed E-state index contributed by atoms with van der Waals surface area (Å²) in [6.45, 7) is 1.44. The zero-order chi connectivity index (χ0) is 19.8. The molecule has 3 rings (SSSR count). The number of nitrogens with zero attached hydrogens (tertiary/aromatic N) is 1. The zero-order valence-corrected chi connectivity index (χ0v) is 14.3. The van der Waals surface area contributed by atoms with E-state index in [9.17, 15) is 27.6 Å². The van der Waals surface area contributed by atoms with Gasteiger partial charge in [-0.3, -0.25) is 19.3 Å². The summed E-state index contributed by atoms with van der Waals surface area (Å²) in [5.41, 5.74) is 0.222. The van der Waals surface area contributed by atoms with Crippen LogP contribution in [-0.4, -0.2) is 35.0 Å². The first-order valence-electron chi connectivity index (χ1n) is 8.36. The van der Waals surface area contributed by atoms with E-state index in [0.29, 0.717) is 12.8 Å². The minimum atomic E-state index is -4.80. The molecule has 1 fully saturated rings. The number of ether oxygens (including phenoxy) is 1. The third-order valence-electron chi connectivity index (χ3n) is 4.66. The van der Waals surface area contributed by atoms with Gasteiger partial charge in [-0.15, -0.1) is 13.2 Å². The summed E-state index contributed by atoms with van der Waals surface area (Å²) >= 11 is 0. The highest BCUT2D eigenvalue weighted by molar-refractivity contribution is 6.10. The second kappa shape index (κ2) is 7.05. The van der Waals surface area contributed by atoms with Crippen LogP contribution in [0.25, 0.3) is 0 Å². The lowest BCUT2D eigenvalue weighted by Crippen LogP contribution is -2.46. The largest absolute Gasteiger partial charge is 0.573 e. The van der Waals surface area contributed by atoms with Gasteiger partial charge in [0.1, 0.15) is 11.8 Å². The molecule has 1 heterocycles. The Kier molecular flexibility index (Phi) is 4.95. The molecule has 2 unspecified atom stereocenters. The highest BCUT2D eigenvalue weighted by atomic mass is 19.4. The first kappa shape index (κ1) is 18.9. The number of fused-ring (bicyclic) bond motifs is 1. The molecule has 144 valence electrons. The van der Waals surface area contributed by atoms with Crippen molar-refractivity contribution in [2.75, 3.05) is 5.32 Å². The molecule has 1 saturated heterocycles. The van der Waals surface area contributed by atoms with Crippen LogP contribution in [-0.2, 0) is 14.4 Å². The number of likely N-dealkylation sites (tertiary alicyclic amines) is 1. The molecule has 6 nitrogen and oxygen atoms in total. The molecular formula is C18H17F3N2O4. The number of amides is 3. The van der Waals surface area contributed by atoms with E-state index in [1.54, 1.807) is 0 Å². The van der Waals surface area contributed by atoms with Gasteiger partial charge in [0.2, 0.25) is 17.7 Å². The molecule has 3 atom stereocenters. The Morgan fingerprint density at radius 1 is 1.11 bits per heavy atom. The van der Waals surface area contributed by atoms with Gasteiger partial charge in [-0.2, -0.15) is 0 Å². The smallest absolute Gasteiger partial charge is 0.406 e. The summed E-state index contributed by atoms with van der Waals surface area (Å²) < 4.78 is 40.2. The number of alkyl halides is 3. The minimum Gasteiger partial charge on any atom is -0.406 e. The van der Waals surface area contributed by atoms with Crippen molar-refractivity contribution in [3.63, 3.8) is 0 Å². The summed E-state index contributed by atoms with van der Waals surface area (Å²) in [5, 5.41) is 2.49. The molecule has 0 aromatic heterocycles. The summed E-state index contributed by atoms with van der Waals surface area (Å²) in [5.74, 6) is -2.63. The molecule has 2 aliphatic rings. The third-order valence-corrected chi connectivity index (χ3v) is 4.66. The topological polar surface area (TPSA) is 75.7 Å². The van der Waals surface area contributed by atoms with Crippen LogP contribution in [0.15, 0.2) is 36.4 Å². The van der Waals surface area contributed by atoms with Crippen molar-refractivity contribution in [3.8, 4) is 5.75 Å². The maximum absolute atomic E-state index is 12.5. The van der Waals surface area contributed by atoms with Crippen molar-refractivity contribution in [1.82, 2.24) is 4.90 Å². The minimum absolute atomic E-state index is 0.222. The summed E-state index contributed by atoms with van der Waals surface area (Å²) in [6, 6.07) is 3.56. The highest BCUT2D eigenvalue weighted by Crippen LogP contribution is 2.36. The molecule has 27 heavy (non-hydrogen) atoms. The summed E-state index contributed by atoms with van der Waals surface area (Å²) in [6.07, 6.45) is -0.154. The number of halogens is 3. The molecular weight excluding hydrogens is 365 g/mol. The Balaban J connectivity index is 1.66. The molecule has 1 aromatic rings. The van der Waals surface area contributed by atoms with E-state index in [-0.39, 0.29) is 17.5 Å². The Labute approximate surface area is 153 Å². The number of carbonyl (C=O) groups is 3. The van der Waals surface area contributed by atoms with Crippen molar-refractivity contribution in [3.05, 3.63) is 36.4 Å². The number of hydrogen-bond donors (Lipinski definition) is 1. The number of carbonyl (C=O) groups excluding carboxylic acids is 3. The normalized spacial score (nSPS) is 23.2. The van der Waals surface area contributed by atoms with E-state index in [4.69, 9.17) is 0 Å². The SMILES string of the molecule is C[C@@H](C(=O)Nc1ccc(OC(F)(F)F)cc1)N1C(=O)C2CC=CCC2C1=O. The maximum atomic E-state index is 12.5. The average Bonchev–Trinajstić information content (AvgIpc) is 2.86. The van der Waals surface area contributed by atoms with E-state index in [1.807, 2.05) is 12.2 Å². The molecule has 1 N–H and O–H groups in total. The summed E-state index contributed by atoms with van der Waals surface area (Å²) in [7, 11) is 0. The quantitative estimate of drug-likeness (QED) is 0.642. The Morgan fingerprint density at radius 2 is 1.63 bits per heavy atom. The molecule has 3 amide bonds. The lowest BCUT2D eigenvalue weighted by molar-refractivity contribution is -0.274. The number of nitrogens with one attached hydrogen (secondary N) is 1. The van der Waals surface area contributed by atoms with Crippen LogP contribution in [0, 0.1) is 11.8 Å².